The van der Waals surface area contributed by atoms with Crippen LogP contribution >= 0.6 is 7.60 Å². The Morgan fingerprint density at radius 3 is 2.15 bits per heavy atom. The lowest BCUT2D eigenvalue weighted by Gasteiger charge is -2.19. The molecule has 0 heterocycles. The molecule has 0 bridgehead atoms. The minimum Gasteiger partial charge on any atom is -0.460 e. The fraction of sp³-hybridized carbons (Fsp3) is 0.923. The van der Waals surface area contributed by atoms with Gasteiger partial charge in [0.25, 0.3) is 0 Å². The van der Waals surface area contributed by atoms with E-state index in [4.69, 9.17) is 13.8 Å². The van der Waals surface area contributed by atoms with Crippen LogP contribution in [0.2, 0.25) is 0 Å². The Balaban J connectivity index is 3.85. The number of ether oxygens (including phenoxy) is 1. The van der Waals surface area contributed by atoms with E-state index in [1.165, 1.54) is 0 Å². The van der Waals surface area contributed by atoms with E-state index in [1.54, 1.807) is 13.8 Å². The summed E-state index contributed by atoms with van der Waals surface area (Å²) >= 11 is 0. The Kier molecular flexibility index (Phi) is 9.30. The highest BCUT2D eigenvalue weighted by atomic mass is 31.2. The minimum absolute atomic E-state index is 0.156. The zero-order valence-electron chi connectivity index (χ0n) is 13.2. The number of rotatable bonds is 10. The molecule has 120 valence electrons. The van der Waals surface area contributed by atoms with Gasteiger partial charge in [-0.15, -0.1) is 0 Å². The second-order valence-electron chi connectivity index (χ2n) is 5.29. The lowest BCUT2D eigenvalue weighted by Crippen LogP contribution is -2.25. The van der Waals surface area contributed by atoms with Crippen LogP contribution in [0.15, 0.2) is 0 Å². The van der Waals surface area contributed by atoms with E-state index < -0.39 is 13.2 Å². The molecule has 0 radical (unpaired) electrons. The van der Waals surface area contributed by atoms with E-state index in [2.05, 4.69) is 5.32 Å². The highest BCUT2D eigenvalue weighted by Crippen LogP contribution is 2.46. The average molecular weight is 309 g/mol. The second kappa shape index (κ2) is 9.50. The summed E-state index contributed by atoms with van der Waals surface area (Å²) in [7, 11) is -3.04. The highest BCUT2D eigenvalue weighted by molar-refractivity contribution is 7.53. The molecular formula is C13H28NO5P. The lowest BCUT2D eigenvalue weighted by molar-refractivity contribution is -0.154. The molecular weight excluding hydrogens is 281 g/mol. The molecule has 0 unspecified atom stereocenters. The maximum atomic E-state index is 12.1. The van der Waals surface area contributed by atoms with Crippen LogP contribution in [-0.4, -0.2) is 37.6 Å². The van der Waals surface area contributed by atoms with Gasteiger partial charge in [0.1, 0.15) is 5.60 Å². The van der Waals surface area contributed by atoms with E-state index in [1.807, 2.05) is 20.8 Å². The second-order valence-corrected chi connectivity index (χ2v) is 7.35. The molecule has 0 aromatic rings. The van der Waals surface area contributed by atoms with Crippen LogP contribution in [0.4, 0.5) is 0 Å². The van der Waals surface area contributed by atoms with Crippen LogP contribution < -0.4 is 5.32 Å². The number of nitrogens with one attached hydrogen (secondary N) is 1. The van der Waals surface area contributed by atoms with Crippen molar-refractivity contribution in [1.82, 2.24) is 5.32 Å². The first-order chi connectivity index (χ1) is 9.22. The van der Waals surface area contributed by atoms with E-state index >= 15 is 0 Å². The Morgan fingerprint density at radius 2 is 1.70 bits per heavy atom. The monoisotopic (exact) mass is 309 g/mol. The van der Waals surface area contributed by atoms with Crippen LogP contribution in [-0.2, 0) is 23.1 Å². The predicted octanol–water partition coefficient (Wildman–Crippen LogP) is 2.92. The van der Waals surface area contributed by atoms with Gasteiger partial charge in [0.05, 0.1) is 19.5 Å². The molecule has 0 amide bonds. The predicted molar refractivity (Wildman–Crippen MR) is 78.8 cm³/mol. The van der Waals surface area contributed by atoms with E-state index in [0.29, 0.717) is 32.6 Å². The van der Waals surface area contributed by atoms with E-state index in [9.17, 15) is 9.36 Å². The number of carbonyl (C=O) groups is 1. The smallest absolute Gasteiger partial charge is 0.344 e. The Morgan fingerprint density at radius 1 is 1.15 bits per heavy atom. The third-order valence-electron chi connectivity index (χ3n) is 2.11. The molecule has 0 aromatic carbocycles. The van der Waals surface area contributed by atoms with Gasteiger partial charge < -0.3 is 19.1 Å². The molecule has 7 heteroatoms. The summed E-state index contributed by atoms with van der Waals surface area (Å²) < 4.78 is 27.6. The molecule has 1 N–H and O–H groups in total. The van der Waals surface area contributed by atoms with Gasteiger partial charge in [-0.25, -0.2) is 0 Å². The molecule has 0 atom stereocenters. The van der Waals surface area contributed by atoms with Gasteiger partial charge >= 0.3 is 13.6 Å². The number of hydrogen-bond acceptors (Lipinski definition) is 6. The molecule has 0 saturated carbocycles. The van der Waals surface area contributed by atoms with Crippen LogP contribution in [0.25, 0.3) is 0 Å². The Labute approximate surface area is 122 Å². The van der Waals surface area contributed by atoms with Crippen molar-refractivity contribution in [1.29, 1.82) is 0 Å². The molecule has 0 saturated heterocycles. The molecule has 0 aromatic heterocycles. The quantitative estimate of drug-likeness (QED) is 0.380. The molecule has 0 spiro atoms. The summed E-state index contributed by atoms with van der Waals surface area (Å²) in [6, 6.07) is 0. The fourth-order valence-corrected chi connectivity index (χ4v) is 2.96. The summed E-state index contributed by atoms with van der Waals surface area (Å²) in [6.45, 7) is 10.3. The first kappa shape index (κ1) is 19.6. The van der Waals surface area contributed by atoms with Gasteiger partial charge in [-0.3, -0.25) is 9.36 Å². The van der Waals surface area contributed by atoms with Gasteiger partial charge in [0.15, 0.2) is 0 Å². The number of carbonyl (C=O) groups excluding carboxylic acids is 1. The first-order valence-corrected chi connectivity index (χ1v) is 8.76. The summed E-state index contributed by atoms with van der Waals surface area (Å²) in [4.78, 5) is 11.5. The zero-order valence-corrected chi connectivity index (χ0v) is 14.1. The first-order valence-electron chi connectivity index (χ1n) is 7.03. The van der Waals surface area contributed by atoms with Crippen LogP contribution in [0, 0.1) is 0 Å². The van der Waals surface area contributed by atoms with Crippen molar-refractivity contribution in [2.45, 2.75) is 53.1 Å². The standard InChI is InChI=1S/C13H28NO5P/c1-6-17-20(16,18-7-2)11-14-10-8-9-12(15)19-13(3,4)5/h14H,6-11H2,1-5H3. The van der Waals surface area contributed by atoms with Crippen LogP contribution in [0.1, 0.15) is 47.5 Å². The SMILES string of the molecule is CCOP(=O)(CNCCCC(=O)OC(C)(C)C)OCC. The van der Waals surface area contributed by atoms with Crippen molar-refractivity contribution in [2.75, 3.05) is 26.0 Å². The third kappa shape index (κ3) is 10.4. The summed E-state index contributed by atoms with van der Waals surface area (Å²) in [5, 5.41) is 2.99. The molecule has 0 aliphatic heterocycles. The van der Waals surface area contributed by atoms with Crippen LogP contribution in [0.3, 0.4) is 0 Å². The molecule has 6 nitrogen and oxygen atoms in total. The van der Waals surface area contributed by atoms with E-state index in [-0.39, 0.29) is 12.3 Å². The van der Waals surface area contributed by atoms with Crippen LogP contribution in [0.5, 0.6) is 0 Å². The average Bonchev–Trinajstić information content (AvgIpc) is 2.26. The summed E-state index contributed by atoms with van der Waals surface area (Å²) in [6.07, 6.45) is 1.11. The number of hydrogen-bond donors (Lipinski definition) is 1. The van der Waals surface area contributed by atoms with Crippen molar-refractivity contribution in [3.05, 3.63) is 0 Å². The van der Waals surface area contributed by atoms with Gasteiger partial charge in [-0.05, 0) is 47.6 Å². The van der Waals surface area contributed by atoms with Crippen molar-refractivity contribution in [2.24, 2.45) is 0 Å². The lowest BCUT2D eigenvalue weighted by atomic mass is 10.2. The molecule has 0 rings (SSSR count). The van der Waals surface area contributed by atoms with Gasteiger partial charge in [-0.1, -0.05) is 0 Å². The molecule has 0 aliphatic carbocycles. The van der Waals surface area contributed by atoms with Crippen molar-refractivity contribution >= 4 is 13.6 Å². The Hall–Kier alpha value is -0.420. The van der Waals surface area contributed by atoms with Crippen molar-refractivity contribution in [3.63, 3.8) is 0 Å². The number of esters is 1. The maximum Gasteiger partial charge on any atom is 0.344 e. The fourth-order valence-electron chi connectivity index (χ4n) is 1.49. The maximum absolute atomic E-state index is 12.1. The molecule has 0 fully saturated rings. The normalized spacial score (nSPS) is 12.4. The van der Waals surface area contributed by atoms with Crippen molar-refractivity contribution in [3.8, 4) is 0 Å². The third-order valence-corrected chi connectivity index (χ3v) is 4.03. The Bertz CT molecular complexity index is 317. The van der Waals surface area contributed by atoms with Crippen molar-refractivity contribution < 1.29 is 23.1 Å². The van der Waals surface area contributed by atoms with E-state index in [0.717, 1.165) is 0 Å². The van der Waals surface area contributed by atoms with Gasteiger partial charge in [0.2, 0.25) is 0 Å². The van der Waals surface area contributed by atoms with Gasteiger partial charge in [0, 0.05) is 6.42 Å². The minimum atomic E-state index is -3.04. The topological polar surface area (TPSA) is 73.9 Å². The van der Waals surface area contributed by atoms with Gasteiger partial charge in [-0.2, -0.15) is 0 Å². The molecule has 0 aliphatic rings. The summed E-state index contributed by atoms with van der Waals surface area (Å²) in [5.41, 5.74) is -0.454. The molecule has 20 heavy (non-hydrogen) atoms. The largest absolute Gasteiger partial charge is 0.460 e. The summed E-state index contributed by atoms with van der Waals surface area (Å²) in [5.74, 6) is -0.225. The highest BCUT2D eigenvalue weighted by Gasteiger charge is 2.22. The zero-order chi connectivity index (χ0) is 15.6.